The minimum atomic E-state index is -0.862. The maximum atomic E-state index is 6.17. The molecule has 2 aliphatic rings. The summed E-state index contributed by atoms with van der Waals surface area (Å²) < 4.78 is 24.2. The third kappa shape index (κ3) is 8.47. The predicted octanol–water partition coefficient (Wildman–Crippen LogP) is 6.85. The van der Waals surface area contributed by atoms with E-state index in [9.17, 15) is 0 Å². The van der Waals surface area contributed by atoms with Crippen molar-refractivity contribution in [2.45, 2.75) is 129 Å². The van der Waals surface area contributed by atoms with Gasteiger partial charge in [-0.25, -0.2) is 0 Å². The second-order valence-corrected chi connectivity index (χ2v) is 8.98. The van der Waals surface area contributed by atoms with E-state index in [0.717, 1.165) is 18.8 Å². The highest BCUT2D eigenvalue weighted by atomic mass is 16.9. The van der Waals surface area contributed by atoms with E-state index >= 15 is 0 Å². The molecular weight excluding hydrogens is 364 g/mol. The number of hydrogen-bond donors (Lipinski definition) is 0. The van der Waals surface area contributed by atoms with Crippen molar-refractivity contribution in [3.05, 3.63) is 0 Å². The Bertz CT molecular complexity index is 397. The molecule has 4 heteroatoms. The first-order valence-corrected chi connectivity index (χ1v) is 12.8. The first kappa shape index (κ1) is 25.1. The van der Waals surface area contributed by atoms with Crippen molar-refractivity contribution in [3.8, 4) is 0 Å². The Morgan fingerprint density at radius 2 is 1.38 bits per heavy atom. The van der Waals surface area contributed by atoms with Gasteiger partial charge in [0, 0.05) is 25.7 Å². The molecule has 1 aliphatic carbocycles. The summed E-state index contributed by atoms with van der Waals surface area (Å²) in [5, 5.41) is 0. The van der Waals surface area contributed by atoms with E-state index in [2.05, 4.69) is 6.92 Å². The minimum absolute atomic E-state index is 0.307. The molecule has 0 aromatic heterocycles. The molecule has 2 fully saturated rings. The summed E-state index contributed by atoms with van der Waals surface area (Å²) in [6.07, 6.45) is 17.8. The molecule has 0 N–H and O–H groups in total. The Morgan fingerprint density at radius 3 is 2.00 bits per heavy atom. The molecular formula is C25H48O4. The SMILES string of the molecule is CCCCCCCCC(CCCC1CCC2OC2C1)C(OCC)(OCC)OCC. The van der Waals surface area contributed by atoms with E-state index in [0.29, 0.717) is 37.9 Å². The summed E-state index contributed by atoms with van der Waals surface area (Å²) in [7, 11) is 0. The van der Waals surface area contributed by atoms with Crippen LogP contribution in [0.1, 0.15) is 111 Å². The van der Waals surface area contributed by atoms with Gasteiger partial charge in [-0.15, -0.1) is 0 Å². The van der Waals surface area contributed by atoms with E-state index in [1.165, 1.54) is 70.6 Å². The number of hydrogen-bond acceptors (Lipinski definition) is 4. The molecule has 0 aromatic rings. The molecule has 4 atom stereocenters. The molecule has 1 saturated carbocycles. The van der Waals surface area contributed by atoms with Crippen molar-refractivity contribution < 1.29 is 18.9 Å². The highest BCUT2D eigenvalue weighted by molar-refractivity contribution is 4.91. The van der Waals surface area contributed by atoms with Crippen molar-refractivity contribution >= 4 is 0 Å². The maximum Gasteiger partial charge on any atom is 0.285 e. The lowest BCUT2D eigenvalue weighted by Crippen LogP contribution is -2.46. The number of epoxide rings is 1. The molecule has 1 saturated heterocycles. The van der Waals surface area contributed by atoms with Gasteiger partial charge in [-0.05, 0) is 58.8 Å². The summed E-state index contributed by atoms with van der Waals surface area (Å²) in [5.74, 6) is 0.287. The number of ether oxygens (including phenoxy) is 4. The fraction of sp³-hybridized carbons (Fsp3) is 1.00. The van der Waals surface area contributed by atoms with Crippen LogP contribution in [0, 0.1) is 11.8 Å². The first-order chi connectivity index (χ1) is 14.2. The Morgan fingerprint density at radius 1 is 0.759 bits per heavy atom. The lowest BCUT2D eigenvalue weighted by molar-refractivity contribution is -0.403. The van der Waals surface area contributed by atoms with E-state index in [1.807, 2.05) is 20.8 Å². The smallest absolute Gasteiger partial charge is 0.285 e. The summed E-state index contributed by atoms with van der Waals surface area (Å²) in [4.78, 5) is 0. The molecule has 0 spiro atoms. The molecule has 0 radical (unpaired) electrons. The monoisotopic (exact) mass is 412 g/mol. The molecule has 172 valence electrons. The Kier molecular flexibility index (Phi) is 12.1. The van der Waals surface area contributed by atoms with Crippen molar-refractivity contribution in [2.24, 2.45) is 11.8 Å². The molecule has 0 amide bonds. The third-order valence-corrected chi connectivity index (χ3v) is 6.72. The van der Waals surface area contributed by atoms with Crippen LogP contribution in [-0.4, -0.2) is 38.0 Å². The highest BCUT2D eigenvalue weighted by Gasteiger charge is 2.44. The van der Waals surface area contributed by atoms with E-state index < -0.39 is 5.97 Å². The second kappa shape index (κ2) is 14.0. The van der Waals surface area contributed by atoms with Crippen molar-refractivity contribution in [2.75, 3.05) is 19.8 Å². The van der Waals surface area contributed by atoms with Gasteiger partial charge in [-0.3, -0.25) is 0 Å². The van der Waals surface area contributed by atoms with Gasteiger partial charge in [-0.2, -0.15) is 0 Å². The largest absolute Gasteiger partial charge is 0.370 e. The van der Waals surface area contributed by atoms with Crippen molar-refractivity contribution in [1.82, 2.24) is 0 Å². The van der Waals surface area contributed by atoms with Crippen molar-refractivity contribution in [1.29, 1.82) is 0 Å². The molecule has 2 rings (SSSR count). The molecule has 4 unspecified atom stereocenters. The predicted molar refractivity (Wildman–Crippen MR) is 119 cm³/mol. The van der Waals surface area contributed by atoms with Gasteiger partial charge in [-0.1, -0.05) is 58.3 Å². The molecule has 1 heterocycles. The van der Waals surface area contributed by atoms with Crippen molar-refractivity contribution in [3.63, 3.8) is 0 Å². The Labute approximate surface area is 180 Å². The van der Waals surface area contributed by atoms with Crippen LogP contribution in [0.2, 0.25) is 0 Å². The zero-order valence-corrected chi connectivity index (χ0v) is 19.8. The van der Waals surface area contributed by atoms with Gasteiger partial charge in [0.05, 0.1) is 12.2 Å². The fourth-order valence-corrected chi connectivity index (χ4v) is 5.15. The molecule has 1 aliphatic heterocycles. The van der Waals surface area contributed by atoms with Crippen LogP contribution in [0.25, 0.3) is 0 Å². The van der Waals surface area contributed by atoms with Crippen LogP contribution in [0.4, 0.5) is 0 Å². The van der Waals surface area contributed by atoms with Crippen LogP contribution >= 0.6 is 0 Å². The molecule has 0 aromatic carbocycles. The topological polar surface area (TPSA) is 40.2 Å². The van der Waals surface area contributed by atoms with Crippen LogP contribution in [0.3, 0.4) is 0 Å². The summed E-state index contributed by atoms with van der Waals surface area (Å²) >= 11 is 0. The standard InChI is InChI=1S/C25H48O4/c1-5-9-10-11-12-13-16-22(25(26-6-2,27-7-3)28-8-4)17-14-15-21-18-19-23-24(20-21)29-23/h21-24H,5-20H2,1-4H3. The Balaban J connectivity index is 1.88. The number of unbranched alkanes of at least 4 members (excludes halogenated alkanes) is 5. The van der Waals surface area contributed by atoms with Gasteiger partial charge in [0.15, 0.2) is 0 Å². The van der Waals surface area contributed by atoms with Gasteiger partial charge in [0.25, 0.3) is 5.97 Å². The van der Waals surface area contributed by atoms with Gasteiger partial charge >= 0.3 is 0 Å². The summed E-state index contributed by atoms with van der Waals surface area (Å²) in [6, 6.07) is 0. The summed E-state index contributed by atoms with van der Waals surface area (Å²) in [5.41, 5.74) is 0. The quantitative estimate of drug-likeness (QED) is 0.140. The normalized spacial score (nSPS) is 25.0. The number of fused-ring (bicyclic) bond motifs is 1. The third-order valence-electron chi connectivity index (χ3n) is 6.72. The Hall–Kier alpha value is -0.160. The van der Waals surface area contributed by atoms with Crippen LogP contribution in [0.15, 0.2) is 0 Å². The highest BCUT2D eigenvalue weighted by Crippen LogP contribution is 2.42. The van der Waals surface area contributed by atoms with Gasteiger partial charge in [0.1, 0.15) is 0 Å². The van der Waals surface area contributed by atoms with Crippen LogP contribution in [-0.2, 0) is 18.9 Å². The lowest BCUT2D eigenvalue weighted by Gasteiger charge is -2.39. The minimum Gasteiger partial charge on any atom is -0.370 e. The first-order valence-electron chi connectivity index (χ1n) is 12.8. The van der Waals surface area contributed by atoms with Gasteiger partial charge in [0.2, 0.25) is 0 Å². The zero-order valence-electron chi connectivity index (χ0n) is 19.8. The van der Waals surface area contributed by atoms with Crippen LogP contribution < -0.4 is 0 Å². The maximum absolute atomic E-state index is 6.17. The average molecular weight is 413 g/mol. The van der Waals surface area contributed by atoms with E-state index in [4.69, 9.17) is 18.9 Å². The van der Waals surface area contributed by atoms with E-state index in [-0.39, 0.29) is 0 Å². The fourth-order valence-electron chi connectivity index (χ4n) is 5.15. The second-order valence-electron chi connectivity index (χ2n) is 8.98. The molecule has 29 heavy (non-hydrogen) atoms. The summed E-state index contributed by atoms with van der Waals surface area (Å²) in [6.45, 7) is 10.3. The molecule has 0 bridgehead atoms. The van der Waals surface area contributed by atoms with Crippen LogP contribution in [0.5, 0.6) is 0 Å². The zero-order chi connectivity index (χ0) is 21.0. The lowest BCUT2D eigenvalue weighted by atomic mass is 9.84. The van der Waals surface area contributed by atoms with E-state index in [1.54, 1.807) is 0 Å². The molecule has 4 nitrogen and oxygen atoms in total. The number of rotatable bonds is 18. The van der Waals surface area contributed by atoms with Gasteiger partial charge < -0.3 is 18.9 Å². The average Bonchev–Trinajstić information content (AvgIpc) is 3.48.